The Morgan fingerprint density at radius 2 is 1.84 bits per heavy atom. The van der Waals surface area contributed by atoms with Gasteiger partial charge in [0, 0.05) is 24.9 Å². The molecule has 0 bridgehead atoms. The van der Waals surface area contributed by atoms with Gasteiger partial charge >= 0.3 is 0 Å². The molecular weight excluding hydrogens is 322 g/mol. The molecule has 25 heavy (non-hydrogen) atoms. The Labute approximate surface area is 146 Å². The van der Waals surface area contributed by atoms with Crippen LogP contribution in [0.15, 0.2) is 18.2 Å². The second kappa shape index (κ2) is 6.82. The number of nitrogens with zero attached hydrogens (tertiary/aromatic N) is 2. The summed E-state index contributed by atoms with van der Waals surface area (Å²) in [5.41, 5.74) is 0.615. The van der Waals surface area contributed by atoms with Gasteiger partial charge in [-0.15, -0.1) is 0 Å². The van der Waals surface area contributed by atoms with Crippen LogP contribution in [0.3, 0.4) is 0 Å². The van der Waals surface area contributed by atoms with Crippen LogP contribution in [-0.4, -0.2) is 22.8 Å². The summed E-state index contributed by atoms with van der Waals surface area (Å²) in [7, 11) is 0. The number of imide groups is 1. The fraction of sp³-hybridized carbons (Fsp3) is 0.556. The molecule has 1 aliphatic heterocycles. The van der Waals surface area contributed by atoms with Crippen molar-refractivity contribution in [2.75, 3.05) is 10.2 Å². The van der Waals surface area contributed by atoms with Crippen molar-refractivity contribution in [1.82, 2.24) is 0 Å². The first-order valence-corrected chi connectivity index (χ1v) is 8.79. The molecule has 2 fully saturated rings. The number of carbonyl (C=O) groups is 2. The molecule has 1 heterocycles. The summed E-state index contributed by atoms with van der Waals surface area (Å²) >= 11 is 0. The highest BCUT2D eigenvalue weighted by Gasteiger charge is 2.33. The van der Waals surface area contributed by atoms with Crippen LogP contribution in [-0.2, 0) is 9.59 Å². The van der Waals surface area contributed by atoms with Gasteiger partial charge in [-0.3, -0.25) is 24.6 Å². The first-order valence-electron chi connectivity index (χ1n) is 8.79. The smallest absolute Gasteiger partial charge is 0.294 e. The number of benzene rings is 1. The van der Waals surface area contributed by atoms with E-state index in [1.54, 1.807) is 12.1 Å². The maximum atomic E-state index is 11.9. The zero-order valence-electron chi connectivity index (χ0n) is 14.5. The van der Waals surface area contributed by atoms with Gasteiger partial charge in [0.05, 0.1) is 10.6 Å². The standard InChI is InChI=1S/C18H23N3O4/c1-11-4-3-5-14(12(11)2)19-15-7-6-13(10-16(15)21(24)25)20-17(22)8-9-18(20)23/h6-7,10-12,14,19H,3-5,8-9H2,1-2H3/t11-,12-,14+/m1/s1. The maximum absolute atomic E-state index is 11.9. The number of amides is 2. The van der Waals surface area contributed by atoms with E-state index in [1.807, 2.05) is 0 Å². The van der Waals surface area contributed by atoms with E-state index >= 15 is 0 Å². The Morgan fingerprint density at radius 1 is 1.16 bits per heavy atom. The average molecular weight is 345 g/mol. The van der Waals surface area contributed by atoms with Crippen LogP contribution in [0.1, 0.15) is 46.0 Å². The minimum absolute atomic E-state index is 0.101. The van der Waals surface area contributed by atoms with Crippen LogP contribution in [0.4, 0.5) is 17.1 Å². The van der Waals surface area contributed by atoms with Gasteiger partial charge in [0.2, 0.25) is 11.8 Å². The van der Waals surface area contributed by atoms with Crippen molar-refractivity contribution in [3.8, 4) is 0 Å². The molecule has 1 saturated carbocycles. The van der Waals surface area contributed by atoms with Gasteiger partial charge in [-0.1, -0.05) is 26.7 Å². The Kier molecular flexibility index (Phi) is 4.74. The molecule has 0 spiro atoms. The Hall–Kier alpha value is -2.44. The van der Waals surface area contributed by atoms with Crippen molar-refractivity contribution < 1.29 is 14.5 Å². The van der Waals surface area contributed by atoms with Crippen LogP contribution < -0.4 is 10.2 Å². The topological polar surface area (TPSA) is 92.6 Å². The number of hydrogen-bond acceptors (Lipinski definition) is 5. The van der Waals surface area contributed by atoms with Gasteiger partial charge in [0.15, 0.2) is 0 Å². The quantitative estimate of drug-likeness (QED) is 0.512. The Morgan fingerprint density at radius 3 is 2.48 bits per heavy atom. The molecule has 3 rings (SSSR count). The lowest BCUT2D eigenvalue weighted by molar-refractivity contribution is -0.383. The fourth-order valence-electron chi connectivity index (χ4n) is 3.78. The molecule has 134 valence electrons. The lowest BCUT2D eigenvalue weighted by atomic mass is 9.78. The highest BCUT2D eigenvalue weighted by molar-refractivity contribution is 6.20. The van der Waals surface area contributed by atoms with Crippen molar-refractivity contribution in [3.63, 3.8) is 0 Å². The summed E-state index contributed by atoms with van der Waals surface area (Å²) in [5.74, 6) is 0.378. The number of anilines is 2. The number of nitro groups is 1. The SMILES string of the molecule is C[C@@H]1[C@H](C)CCC[C@@H]1Nc1ccc(N2C(=O)CCC2=O)cc1[N+](=O)[O-]. The van der Waals surface area contributed by atoms with Gasteiger partial charge in [0.1, 0.15) is 5.69 Å². The van der Waals surface area contributed by atoms with E-state index in [0.717, 1.165) is 17.7 Å². The summed E-state index contributed by atoms with van der Waals surface area (Å²) < 4.78 is 0. The normalized spacial score (nSPS) is 26.8. The molecule has 7 heteroatoms. The average Bonchev–Trinajstić information content (AvgIpc) is 2.91. The van der Waals surface area contributed by atoms with E-state index in [0.29, 0.717) is 17.5 Å². The predicted octanol–water partition coefficient (Wildman–Crippen LogP) is 3.48. The van der Waals surface area contributed by atoms with E-state index in [-0.39, 0.29) is 42.1 Å². The molecule has 1 saturated heterocycles. The van der Waals surface area contributed by atoms with Crippen LogP contribution in [0.5, 0.6) is 0 Å². The third-order valence-electron chi connectivity index (χ3n) is 5.54. The van der Waals surface area contributed by atoms with Crippen LogP contribution in [0.25, 0.3) is 0 Å². The molecule has 7 nitrogen and oxygen atoms in total. The summed E-state index contributed by atoms with van der Waals surface area (Å²) in [6.45, 7) is 4.38. The molecule has 0 radical (unpaired) electrons. The molecule has 1 aromatic rings. The van der Waals surface area contributed by atoms with E-state index in [2.05, 4.69) is 19.2 Å². The van der Waals surface area contributed by atoms with Crippen molar-refractivity contribution in [3.05, 3.63) is 28.3 Å². The van der Waals surface area contributed by atoms with Gasteiger partial charge in [-0.05, 0) is 30.4 Å². The van der Waals surface area contributed by atoms with Crippen LogP contribution >= 0.6 is 0 Å². The van der Waals surface area contributed by atoms with Crippen LogP contribution in [0, 0.1) is 22.0 Å². The third-order valence-corrected chi connectivity index (χ3v) is 5.54. The largest absolute Gasteiger partial charge is 0.376 e. The summed E-state index contributed by atoms with van der Waals surface area (Å²) in [5, 5.41) is 14.8. The van der Waals surface area contributed by atoms with Gasteiger partial charge in [-0.2, -0.15) is 0 Å². The van der Waals surface area contributed by atoms with Gasteiger partial charge in [0.25, 0.3) is 5.69 Å². The minimum atomic E-state index is -0.465. The van der Waals surface area contributed by atoms with Gasteiger partial charge in [-0.25, -0.2) is 0 Å². The molecule has 1 N–H and O–H groups in total. The van der Waals surface area contributed by atoms with E-state index < -0.39 is 4.92 Å². The Balaban J connectivity index is 1.88. The molecule has 0 aromatic heterocycles. The monoisotopic (exact) mass is 345 g/mol. The molecule has 0 unspecified atom stereocenters. The predicted molar refractivity (Wildman–Crippen MR) is 94.4 cm³/mol. The highest BCUT2D eigenvalue weighted by atomic mass is 16.6. The molecule has 2 amide bonds. The molecule has 3 atom stereocenters. The van der Waals surface area contributed by atoms with E-state index in [9.17, 15) is 19.7 Å². The first kappa shape index (κ1) is 17.4. The second-order valence-electron chi connectivity index (χ2n) is 7.10. The lowest BCUT2D eigenvalue weighted by Crippen LogP contribution is -2.35. The summed E-state index contributed by atoms with van der Waals surface area (Å²) in [6, 6.07) is 4.72. The second-order valence-corrected chi connectivity index (χ2v) is 7.10. The summed E-state index contributed by atoms with van der Waals surface area (Å²) in [6.07, 6.45) is 3.58. The zero-order chi connectivity index (χ0) is 18.1. The first-order chi connectivity index (χ1) is 11.9. The molecule has 1 aliphatic carbocycles. The summed E-state index contributed by atoms with van der Waals surface area (Å²) in [4.78, 5) is 35.8. The molecule has 1 aromatic carbocycles. The molecular formula is C18H23N3O4. The number of rotatable bonds is 4. The number of nitro benzene ring substituents is 1. The van der Waals surface area contributed by atoms with Crippen LogP contribution in [0.2, 0.25) is 0 Å². The maximum Gasteiger partial charge on any atom is 0.294 e. The lowest BCUT2D eigenvalue weighted by Gasteiger charge is -2.35. The molecule has 2 aliphatic rings. The van der Waals surface area contributed by atoms with Crippen molar-refractivity contribution in [1.29, 1.82) is 0 Å². The highest BCUT2D eigenvalue weighted by Crippen LogP contribution is 2.36. The minimum Gasteiger partial charge on any atom is -0.376 e. The number of nitrogens with one attached hydrogen (secondary N) is 1. The zero-order valence-corrected chi connectivity index (χ0v) is 14.5. The third kappa shape index (κ3) is 3.36. The van der Waals surface area contributed by atoms with E-state index in [4.69, 9.17) is 0 Å². The van der Waals surface area contributed by atoms with Crippen molar-refractivity contribution in [2.45, 2.75) is 52.0 Å². The van der Waals surface area contributed by atoms with E-state index in [1.165, 1.54) is 12.5 Å². The van der Waals surface area contributed by atoms with Gasteiger partial charge < -0.3 is 5.32 Å². The Bertz CT molecular complexity index is 702. The number of carbonyl (C=O) groups excluding carboxylic acids is 2. The number of hydrogen-bond donors (Lipinski definition) is 1. The fourth-order valence-corrected chi connectivity index (χ4v) is 3.78. The van der Waals surface area contributed by atoms with Crippen molar-refractivity contribution in [2.24, 2.45) is 11.8 Å². The van der Waals surface area contributed by atoms with Crippen molar-refractivity contribution >= 4 is 28.9 Å².